The molecule has 1 unspecified atom stereocenters. The van der Waals surface area contributed by atoms with Gasteiger partial charge in [-0.25, -0.2) is 9.78 Å². The van der Waals surface area contributed by atoms with Crippen LogP contribution in [-0.4, -0.2) is 64.2 Å². The van der Waals surface area contributed by atoms with Gasteiger partial charge in [0.25, 0.3) is 0 Å². The highest BCUT2D eigenvalue weighted by Gasteiger charge is 2.48. The molecule has 1 aliphatic heterocycles. The number of anilines is 2. The molecule has 1 amide bonds. The Morgan fingerprint density at radius 2 is 2.04 bits per heavy atom. The summed E-state index contributed by atoms with van der Waals surface area (Å²) in [6.07, 6.45) is -5.98. The maximum Gasteiger partial charge on any atom is 0.410 e. The van der Waals surface area contributed by atoms with Gasteiger partial charge in [-0.1, -0.05) is 11.6 Å². The summed E-state index contributed by atoms with van der Waals surface area (Å²) in [6, 6.07) is -2.18. The highest BCUT2D eigenvalue weighted by Crippen LogP contribution is 2.33. The van der Waals surface area contributed by atoms with Crippen molar-refractivity contribution in [2.75, 3.05) is 30.3 Å². The molecule has 0 aromatic carbocycles. The highest BCUT2D eigenvalue weighted by atomic mass is 35.5. The molecule has 1 aliphatic rings. The number of carbonyl (C=O) groups excluding carboxylic acids is 1. The van der Waals surface area contributed by atoms with Crippen molar-refractivity contribution in [1.82, 2.24) is 14.9 Å². The number of nitrogen functional groups attached to an aromatic ring is 1. The van der Waals surface area contributed by atoms with Crippen molar-refractivity contribution in [3.8, 4) is 0 Å². The Morgan fingerprint density at radius 1 is 1.39 bits per heavy atom. The summed E-state index contributed by atoms with van der Waals surface area (Å²) in [4.78, 5) is 30.6. The van der Waals surface area contributed by atoms with E-state index in [-0.39, 0.29) is 35.9 Å². The summed E-state index contributed by atoms with van der Waals surface area (Å²) in [5, 5.41) is 8.51. The van der Waals surface area contributed by atoms with Crippen molar-refractivity contribution in [3.05, 3.63) is 10.7 Å². The van der Waals surface area contributed by atoms with Gasteiger partial charge in [-0.2, -0.15) is 18.2 Å². The molecule has 3 N–H and O–H groups in total. The molecule has 2 rings (SSSR count). The van der Waals surface area contributed by atoms with Gasteiger partial charge in [0.2, 0.25) is 5.95 Å². The van der Waals surface area contributed by atoms with Crippen LogP contribution in [0, 0.1) is 0 Å². The lowest BCUT2D eigenvalue weighted by atomic mass is 10.1. The van der Waals surface area contributed by atoms with Crippen molar-refractivity contribution >= 4 is 35.7 Å². The first-order valence-corrected chi connectivity index (χ1v) is 6.62. The summed E-state index contributed by atoms with van der Waals surface area (Å²) in [5.41, 5.74) is 5.05. The molecule has 1 fully saturated rings. The van der Waals surface area contributed by atoms with E-state index in [1.165, 1.54) is 0 Å². The molecule has 8 nitrogen and oxygen atoms in total. The number of halogens is 4. The Balaban J connectivity index is 2.49. The van der Waals surface area contributed by atoms with Crippen LogP contribution in [0.3, 0.4) is 0 Å². The van der Waals surface area contributed by atoms with Crippen molar-refractivity contribution < 1.29 is 27.9 Å². The van der Waals surface area contributed by atoms with Gasteiger partial charge in [0.15, 0.2) is 6.29 Å². The summed E-state index contributed by atoms with van der Waals surface area (Å²) in [5.74, 6) is -0.762. The maximum atomic E-state index is 13.3. The SMILES string of the molecule is Nc1nc(Cl)c(C=O)c(N2CCN(C(=O)O)CC2C(F)(F)F)n1. The second-order valence-corrected chi connectivity index (χ2v) is 5.07. The topological polar surface area (TPSA) is 113 Å². The van der Waals surface area contributed by atoms with Crippen molar-refractivity contribution in [3.63, 3.8) is 0 Å². The molecule has 0 radical (unpaired) electrons. The van der Waals surface area contributed by atoms with Crippen molar-refractivity contribution in [2.24, 2.45) is 0 Å². The lowest BCUT2D eigenvalue weighted by Crippen LogP contribution is -2.60. The maximum absolute atomic E-state index is 13.3. The monoisotopic (exact) mass is 353 g/mol. The van der Waals surface area contributed by atoms with E-state index in [0.29, 0.717) is 4.90 Å². The van der Waals surface area contributed by atoms with Gasteiger partial charge in [0.05, 0.1) is 12.1 Å². The lowest BCUT2D eigenvalue weighted by molar-refractivity contribution is -0.155. The van der Waals surface area contributed by atoms with Gasteiger partial charge in [-0.3, -0.25) is 4.79 Å². The van der Waals surface area contributed by atoms with E-state index in [1.807, 2.05) is 0 Å². The Hall–Kier alpha value is -2.30. The normalized spacial score (nSPS) is 18.9. The van der Waals surface area contributed by atoms with E-state index in [9.17, 15) is 22.8 Å². The van der Waals surface area contributed by atoms with Crippen LogP contribution in [0.2, 0.25) is 5.15 Å². The zero-order chi connectivity index (χ0) is 17.4. The summed E-state index contributed by atoms with van der Waals surface area (Å²) >= 11 is 5.72. The van der Waals surface area contributed by atoms with Crippen molar-refractivity contribution in [2.45, 2.75) is 12.2 Å². The fourth-order valence-electron chi connectivity index (χ4n) is 2.26. The third-order valence-corrected chi connectivity index (χ3v) is 3.60. The average Bonchev–Trinajstić information content (AvgIpc) is 2.44. The number of nitrogens with zero attached hydrogens (tertiary/aromatic N) is 4. The van der Waals surface area contributed by atoms with Crippen LogP contribution in [0.15, 0.2) is 0 Å². The smallest absolute Gasteiger partial charge is 0.410 e. The number of aromatic nitrogens is 2. The predicted molar refractivity (Wildman–Crippen MR) is 73.6 cm³/mol. The largest absolute Gasteiger partial charge is 0.465 e. The minimum absolute atomic E-state index is 0.193. The Kier molecular flexibility index (Phi) is 4.50. The standard InChI is InChI=1S/C11H11ClF3N5O3/c12-7-5(4-21)8(18-9(16)17-7)20-2-1-19(10(22)23)3-6(20)11(13,14)15/h4,6H,1-3H2,(H,22,23)(H2,16,17,18). The molecule has 23 heavy (non-hydrogen) atoms. The van der Waals surface area contributed by atoms with Gasteiger partial charge in [-0.15, -0.1) is 0 Å². The number of hydrogen-bond acceptors (Lipinski definition) is 6. The van der Waals surface area contributed by atoms with Gasteiger partial charge in [-0.05, 0) is 0 Å². The molecule has 12 heteroatoms. The molecule has 0 spiro atoms. The number of rotatable bonds is 2. The number of piperazine rings is 1. The van der Waals surface area contributed by atoms with Gasteiger partial charge in [0.1, 0.15) is 17.0 Å². The molecular weight excluding hydrogens is 343 g/mol. The second-order valence-electron chi connectivity index (χ2n) is 4.71. The van der Waals surface area contributed by atoms with Gasteiger partial charge < -0.3 is 20.6 Å². The van der Waals surface area contributed by atoms with Crippen molar-refractivity contribution in [1.29, 1.82) is 0 Å². The number of nitrogens with two attached hydrogens (primary N) is 1. The number of aldehydes is 1. The average molecular weight is 354 g/mol. The van der Waals surface area contributed by atoms with Crippen LogP contribution in [0.1, 0.15) is 10.4 Å². The van der Waals surface area contributed by atoms with Gasteiger partial charge >= 0.3 is 12.3 Å². The van der Waals surface area contributed by atoms with E-state index in [2.05, 4.69) is 9.97 Å². The fraction of sp³-hybridized carbons (Fsp3) is 0.455. The minimum atomic E-state index is -4.75. The van der Waals surface area contributed by atoms with Crippen LogP contribution in [0.25, 0.3) is 0 Å². The third-order valence-electron chi connectivity index (χ3n) is 3.31. The quantitative estimate of drug-likeness (QED) is 0.607. The number of carbonyl (C=O) groups is 2. The van der Waals surface area contributed by atoms with Crippen LogP contribution < -0.4 is 10.6 Å². The van der Waals surface area contributed by atoms with E-state index in [4.69, 9.17) is 22.4 Å². The molecule has 0 aliphatic carbocycles. The molecule has 1 saturated heterocycles. The van der Waals surface area contributed by atoms with E-state index < -0.39 is 30.8 Å². The first-order chi connectivity index (χ1) is 10.6. The molecular formula is C11H11ClF3N5O3. The second kappa shape index (κ2) is 6.07. The van der Waals surface area contributed by atoms with Gasteiger partial charge in [0, 0.05) is 13.1 Å². The van der Waals surface area contributed by atoms with Crippen LogP contribution in [0.5, 0.6) is 0 Å². The molecule has 2 heterocycles. The third kappa shape index (κ3) is 3.38. The molecule has 0 saturated carbocycles. The first kappa shape index (κ1) is 17.1. The zero-order valence-electron chi connectivity index (χ0n) is 11.4. The van der Waals surface area contributed by atoms with E-state index in [1.54, 1.807) is 0 Å². The van der Waals surface area contributed by atoms with E-state index >= 15 is 0 Å². The molecule has 126 valence electrons. The molecule has 0 bridgehead atoms. The first-order valence-electron chi connectivity index (χ1n) is 6.24. The number of hydrogen-bond donors (Lipinski definition) is 2. The summed E-state index contributed by atoms with van der Waals surface area (Å²) in [6.45, 7) is -1.34. The van der Waals surface area contributed by atoms with Crippen LogP contribution >= 0.6 is 11.6 Å². The predicted octanol–water partition coefficient (Wildman–Crippen LogP) is 1.26. The van der Waals surface area contributed by atoms with E-state index in [0.717, 1.165) is 4.90 Å². The fourth-order valence-corrected chi connectivity index (χ4v) is 2.47. The zero-order valence-corrected chi connectivity index (χ0v) is 12.2. The van der Waals surface area contributed by atoms with Crippen LogP contribution in [0.4, 0.5) is 29.7 Å². The Labute approximate surface area is 132 Å². The Bertz CT molecular complexity index is 642. The lowest BCUT2D eigenvalue weighted by Gasteiger charge is -2.41. The summed E-state index contributed by atoms with van der Waals surface area (Å²) < 4.78 is 39.9. The van der Waals surface area contributed by atoms with Crippen LogP contribution in [-0.2, 0) is 0 Å². The minimum Gasteiger partial charge on any atom is -0.465 e. The number of alkyl halides is 3. The Morgan fingerprint density at radius 3 is 2.57 bits per heavy atom. The highest BCUT2D eigenvalue weighted by molar-refractivity contribution is 6.32. The molecule has 1 atom stereocenters. The summed E-state index contributed by atoms with van der Waals surface area (Å²) in [7, 11) is 0. The molecule has 1 aromatic heterocycles. The number of carboxylic acid groups (broad SMARTS) is 1. The molecule has 1 aromatic rings. The number of amides is 1.